The molecule has 0 aliphatic carbocycles. The molecule has 0 unspecified atom stereocenters. The number of hydrogen-bond donors (Lipinski definition) is 1. The van der Waals surface area contributed by atoms with Crippen molar-refractivity contribution in [3.63, 3.8) is 0 Å². The van der Waals surface area contributed by atoms with Crippen LogP contribution in [0.4, 0.5) is 11.5 Å². The Morgan fingerprint density at radius 2 is 1.95 bits per heavy atom. The molecule has 0 saturated carbocycles. The van der Waals surface area contributed by atoms with E-state index >= 15 is 0 Å². The zero-order chi connectivity index (χ0) is 14.4. The van der Waals surface area contributed by atoms with E-state index < -0.39 is 0 Å². The average molecular weight is 292 g/mol. The van der Waals surface area contributed by atoms with Crippen molar-refractivity contribution in [1.82, 2.24) is 9.97 Å². The van der Waals surface area contributed by atoms with Crippen molar-refractivity contribution >= 4 is 23.1 Å². The molecule has 0 saturated heterocycles. The number of nitrogens with one attached hydrogen (secondary N) is 1. The molecule has 20 heavy (non-hydrogen) atoms. The molecule has 0 bridgehead atoms. The normalized spacial score (nSPS) is 10.6. The lowest BCUT2D eigenvalue weighted by Gasteiger charge is -2.08. The lowest BCUT2D eigenvalue weighted by Crippen LogP contribution is -2.01. The van der Waals surface area contributed by atoms with Crippen LogP contribution >= 0.6 is 11.6 Å². The molecule has 0 spiro atoms. The van der Waals surface area contributed by atoms with Gasteiger partial charge in [0.25, 0.3) is 0 Å². The average Bonchev–Trinajstić information content (AvgIpc) is 2.41. The van der Waals surface area contributed by atoms with Crippen LogP contribution in [0, 0.1) is 0 Å². The van der Waals surface area contributed by atoms with Gasteiger partial charge in [-0.2, -0.15) is 0 Å². The molecule has 1 aromatic heterocycles. The highest BCUT2D eigenvalue weighted by atomic mass is 35.5. The van der Waals surface area contributed by atoms with Crippen LogP contribution in [0.25, 0.3) is 0 Å². The first-order chi connectivity index (χ1) is 9.71. The van der Waals surface area contributed by atoms with E-state index in [9.17, 15) is 0 Å². The maximum absolute atomic E-state index is 5.97. The summed E-state index contributed by atoms with van der Waals surface area (Å²) in [5, 5.41) is 3.62. The molecule has 0 aliphatic rings. The van der Waals surface area contributed by atoms with Crippen LogP contribution in [0.5, 0.6) is 0 Å². The molecule has 0 radical (unpaired) electrons. The zero-order valence-corrected chi connectivity index (χ0v) is 12.4. The van der Waals surface area contributed by atoms with Gasteiger partial charge in [-0.15, -0.1) is 0 Å². The van der Waals surface area contributed by atoms with Crippen molar-refractivity contribution in [2.24, 2.45) is 0 Å². The van der Waals surface area contributed by atoms with Gasteiger partial charge in [0.2, 0.25) is 0 Å². The maximum atomic E-state index is 5.97. The SMILES string of the molecule is CCCc1ccc(Nc2cc(Cl)nc(COC)n2)cc1. The van der Waals surface area contributed by atoms with Gasteiger partial charge in [0, 0.05) is 18.9 Å². The fraction of sp³-hybridized carbons (Fsp3) is 0.333. The van der Waals surface area contributed by atoms with E-state index in [4.69, 9.17) is 16.3 Å². The number of benzene rings is 1. The second-order valence-electron chi connectivity index (χ2n) is 4.50. The van der Waals surface area contributed by atoms with Crippen LogP contribution in [0.2, 0.25) is 5.15 Å². The Bertz CT molecular complexity index is 558. The number of anilines is 2. The Balaban J connectivity index is 2.12. The minimum Gasteiger partial charge on any atom is -0.377 e. The van der Waals surface area contributed by atoms with Crippen molar-refractivity contribution in [3.05, 3.63) is 46.9 Å². The van der Waals surface area contributed by atoms with Gasteiger partial charge in [0.15, 0.2) is 5.82 Å². The summed E-state index contributed by atoms with van der Waals surface area (Å²) in [5.41, 5.74) is 2.31. The number of ether oxygens (including phenoxy) is 1. The first-order valence-electron chi connectivity index (χ1n) is 6.59. The number of nitrogens with zero attached hydrogens (tertiary/aromatic N) is 2. The number of aromatic nitrogens is 2. The second kappa shape index (κ2) is 7.22. The van der Waals surface area contributed by atoms with E-state index in [0.29, 0.717) is 23.4 Å². The first-order valence-corrected chi connectivity index (χ1v) is 6.97. The summed E-state index contributed by atoms with van der Waals surface area (Å²) in [6.07, 6.45) is 2.24. The van der Waals surface area contributed by atoms with Crippen LogP contribution in [0.15, 0.2) is 30.3 Å². The zero-order valence-electron chi connectivity index (χ0n) is 11.7. The largest absolute Gasteiger partial charge is 0.377 e. The van der Waals surface area contributed by atoms with Crippen LogP contribution in [-0.4, -0.2) is 17.1 Å². The van der Waals surface area contributed by atoms with Crippen LogP contribution in [0.3, 0.4) is 0 Å². The van der Waals surface area contributed by atoms with E-state index in [2.05, 4.69) is 34.3 Å². The molecule has 0 fully saturated rings. The van der Waals surface area contributed by atoms with E-state index in [1.807, 2.05) is 12.1 Å². The first kappa shape index (κ1) is 14.8. The molecule has 5 heteroatoms. The molecule has 0 aliphatic heterocycles. The van der Waals surface area contributed by atoms with Crippen LogP contribution < -0.4 is 5.32 Å². The third-order valence-electron chi connectivity index (χ3n) is 2.78. The summed E-state index contributed by atoms with van der Waals surface area (Å²) < 4.78 is 5.02. The van der Waals surface area contributed by atoms with E-state index in [-0.39, 0.29) is 0 Å². The summed E-state index contributed by atoms with van der Waals surface area (Å²) in [7, 11) is 1.60. The number of rotatable bonds is 6. The van der Waals surface area contributed by atoms with Crippen molar-refractivity contribution in [1.29, 1.82) is 0 Å². The molecular formula is C15H18ClN3O. The van der Waals surface area contributed by atoms with Gasteiger partial charge in [-0.3, -0.25) is 0 Å². The highest BCUT2D eigenvalue weighted by Gasteiger charge is 2.04. The van der Waals surface area contributed by atoms with Gasteiger partial charge < -0.3 is 10.1 Å². The molecule has 2 aromatic rings. The number of hydrogen-bond acceptors (Lipinski definition) is 4. The standard InChI is InChI=1S/C15H18ClN3O/c1-3-4-11-5-7-12(8-6-11)17-14-9-13(16)18-15(19-14)10-20-2/h5-9H,3-4,10H2,1-2H3,(H,17,18,19). The van der Waals surface area contributed by atoms with Gasteiger partial charge in [0.1, 0.15) is 17.6 Å². The lowest BCUT2D eigenvalue weighted by atomic mass is 10.1. The fourth-order valence-corrected chi connectivity index (χ4v) is 2.11. The molecule has 4 nitrogen and oxygen atoms in total. The summed E-state index contributed by atoms with van der Waals surface area (Å²) in [6, 6.07) is 10.0. The van der Waals surface area contributed by atoms with Crippen molar-refractivity contribution < 1.29 is 4.74 Å². The third-order valence-corrected chi connectivity index (χ3v) is 2.97. The monoisotopic (exact) mass is 291 g/mol. The smallest absolute Gasteiger partial charge is 0.158 e. The molecule has 2 rings (SSSR count). The molecule has 0 amide bonds. The molecular weight excluding hydrogens is 274 g/mol. The topological polar surface area (TPSA) is 47.0 Å². The van der Waals surface area contributed by atoms with Crippen molar-refractivity contribution in [3.8, 4) is 0 Å². The second-order valence-corrected chi connectivity index (χ2v) is 4.88. The Labute approximate surface area is 124 Å². The van der Waals surface area contributed by atoms with Crippen LogP contribution in [-0.2, 0) is 17.8 Å². The summed E-state index contributed by atoms with van der Waals surface area (Å²) in [5.74, 6) is 1.23. The van der Waals surface area contributed by atoms with Gasteiger partial charge in [0.05, 0.1) is 0 Å². The van der Waals surface area contributed by atoms with E-state index in [1.54, 1.807) is 13.2 Å². The quantitative estimate of drug-likeness (QED) is 0.818. The molecule has 1 heterocycles. The highest BCUT2D eigenvalue weighted by Crippen LogP contribution is 2.18. The molecule has 1 aromatic carbocycles. The van der Waals surface area contributed by atoms with Crippen molar-refractivity contribution in [2.45, 2.75) is 26.4 Å². The van der Waals surface area contributed by atoms with Gasteiger partial charge in [-0.25, -0.2) is 9.97 Å². The van der Waals surface area contributed by atoms with Gasteiger partial charge >= 0.3 is 0 Å². The maximum Gasteiger partial charge on any atom is 0.158 e. The summed E-state index contributed by atoms with van der Waals surface area (Å²) >= 11 is 5.97. The van der Waals surface area contributed by atoms with Gasteiger partial charge in [-0.05, 0) is 24.1 Å². The Morgan fingerprint density at radius 3 is 2.60 bits per heavy atom. The minimum absolute atomic E-state index is 0.338. The lowest BCUT2D eigenvalue weighted by molar-refractivity contribution is 0.178. The van der Waals surface area contributed by atoms with E-state index in [1.165, 1.54) is 5.56 Å². The molecule has 106 valence electrons. The fourth-order valence-electron chi connectivity index (χ4n) is 1.91. The number of methoxy groups -OCH3 is 1. The highest BCUT2D eigenvalue weighted by molar-refractivity contribution is 6.29. The number of halogens is 1. The summed E-state index contributed by atoms with van der Waals surface area (Å²) in [6.45, 7) is 2.51. The summed E-state index contributed by atoms with van der Waals surface area (Å²) in [4.78, 5) is 8.44. The third kappa shape index (κ3) is 4.18. The molecule has 1 N–H and O–H groups in total. The van der Waals surface area contributed by atoms with Crippen molar-refractivity contribution in [2.75, 3.05) is 12.4 Å². The van der Waals surface area contributed by atoms with Gasteiger partial charge in [-0.1, -0.05) is 37.1 Å². The Hall–Kier alpha value is -1.65. The predicted molar refractivity (Wildman–Crippen MR) is 81.5 cm³/mol. The van der Waals surface area contributed by atoms with Crippen LogP contribution in [0.1, 0.15) is 24.7 Å². The predicted octanol–water partition coefficient (Wildman–Crippen LogP) is 3.97. The van der Waals surface area contributed by atoms with E-state index in [0.717, 1.165) is 18.5 Å². The molecule has 0 atom stereocenters. The Kier molecular flexibility index (Phi) is 5.32. The Morgan fingerprint density at radius 1 is 1.20 bits per heavy atom. The number of aryl methyl sites for hydroxylation is 1. The minimum atomic E-state index is 0.338.